The predicted molar refractivity (Wildman–Crippen MR) is 99.7 cm³/mol. The van der Waals surface area contributed by atoms with Crippen molar-refractivity contribution in [2.45, 2.75) is 32.9 Å². The van der Waals surface area contributed by atoms with E-state index in [-0.39, 0.29) is 23.8 Å². The molecule has 1 aliphatic rings. The fourth-order valence-corrected chi connectivity index (χ4v) is 3.34. The Morgan fingerprint density at radius 1 is 1.36 bits per heavy atom. The van der Waals surface area contributed by atoms with Crippen LogP contribution < -0.4 is 5.32 Å². The van der Waals surface area contributed by atoms with Crippen LogP contribution >= 0.6 is 0 Å². The first-order valence-electron chi connectivity index (χ1n) is 9.12. The minimum atomic E-state index is -0.370. The molecule has 0 spiro atoms. The molecular weight excluding hydrogens is 363 g/mol. The van der Waals surface area contributed by atoms with Crippen molar-refractivity contribution in [3.63, 3.8) is 0 Å². The summed E-state index contributed by atoms with van der Waals surface area (Å²) in [5.41, 5.74) is 3.00. The summed E-state index contributed by atoms with van der Waals surface area (Å²) in [6.45, 7) is 4.88. The van der Waals surface area contributed by atoms with Crippen molar-refractivity contribution < 1.29 is 13.7 Å². The summed E-state index contributed by atoms with van der Waals surface area (Å²) in [5.74, 6) is 0.173. The molecule has 28 heavy (non-hydrogen) atoms. The molecule has 0 saturated carbocycles. The molecule has 1 N–H and O–H groups in total. The second-order valence-corrected chi connectivity index (χ2v) is 7.11. The number of amides is 2. The Hall–Kier alpha value is -3.23. The van der Waals surface area contributed by atoms with Crippen LogP contribution in [0, 0.1) is 5.82 Å². The number of nitrogens with zero attached hydrogens (tertiary/aromatic N) is 5. The number of carbonyl (C=O) groups excluding carboxylic acids is 1. The molecule has 3 aromatic rings. The van der Waals surface area contributed by atoms with Crippen molar-refractivity contribution in [3.8, 4) is 23.0 Å². The fourth-order valence-electron chi connectivity index (χ4n) is 3.34. The topological polar surface area (TPSA) is 89.1 Å². The SMILES string of the molecule is CC(C)NC(=O)N1CCc2c(c(-c3nc(-c4cccc(F)c4)no3)nn2C)C1. The third-order valence-corrected chi connectivity index (χ3v) is 4.65. The van der Waals surface area contributed by atoms with E-state index in [9.17, 15) is 9.18 Å². The van der Waals surface area contributed by atoms with Gasteiger partial charge >= 0.3 is 6.03 Å². The third kappa shape index (κ3) is 3.35. The van der Waals surface area contributed by atoms with E-state index < -0.39 is 0 Å². The Balaban J connectivity index is 1.65. The van der Waals surface area contributed by atoms with Crippen LogP contribution in [0.5, 0.6) is 0 Å². The van der Waals surface area contributed by atoms with Gasteiger partial charge in [0.1, 0.15) is 5.82 Å². The Bertz CT molecular complexity index is 1030. The number of halogens is 1. The van der Waals surface area contributed by atoms with E-state index in [0.29, 0.717) is 36.6 Å². The number of carbonyl (C=O) groups is 1. The Labute approximate surface area is 161 Å². The van der Waals surface area contributed by atoms with E-state index in [1.807, 2.05) is 20.9 Å². The van der Waals surface area contributed by atoms with Gasteiger partial charge in [0.15, 0.2) is 5.69 Å². The lowest BCUT2D eigenvalue weighted by Gasteiger charge is -2.28. The minimum Gasteiger partial charge on any atom is -0.336 e. The summed E-state index contributed by atoms with van der Waals surface area (Å²) in [7, 11) is 1.86. The average molecular weight is 384 g/mol. The number of nitrogens with one attached hydrogen (secondary N) is 1. The predicted octanol–water partition coefficient (Wildman–Crippen LogP) is 2.75. The van der Waals surface area contributed by atoms with Crippen LogP contribution in [0.2, 0.25) is 0 Å². The highest BCUT2D eigenvalue weighted by molar-refractivity contribution is 5.75. The number of urea groups is 1. The Morgan fingerprint density at radius 3 is 2.93 bits per heavy atom. The molecular formula is C19H21FN6O2. The van der Waals surface area contributed by atoms with Crippen LogP contribution in [0.1, 0.15) is 25.1 Å². The number of aryl methyl sites for hydroxylation is 1. The van der Waals surface area contributed by atoms with Gasteiger partial charge in [-0.25, -0.2) is 9.18 Å². The summed E-state index contributed by atoms with van der Waals surface area (Å²) in [6.07, 6.45) is 0.690. The van der Waals surface area contributed by atoms with Gasteiger partial charge in [-0.1, -0.05) is 17.3 Å². The number of hydrogen-bond acceptors (Lipinski definition) is 5. The second-order valence-electron chi connectivity index (χ2n) is 7.11. The van der Waals surface area contributed by atoms with E-state index in [0.717, 1.165) is 11.3 Å². The maximum atomic E-state index is 13.5. The van der Waals surface area contributed by atoms with Gasteiger partial charge < -0.3 is 14.7 Å². The third-order valence-electron chi connectivity index (χ3n) is 4.65. The zero-order valence-electron chi connectivity index (χ0n) is 15.9. The van der Waals surface area contributed by atoms with Crippen LogP contribution in [0.3, 0.4) is 0 Å². The van der Waals surface area contributed by atoms with E-state index in [1.54, 1.807) is 21.7 Å². The zero-order valence-corrected chi connectivity index (χ0v) is 15.9. The largest absolute Gasteiger partial charge is 0.336 e. The number of fused-ring (bicyclic) bond motifs is 1. The van der Waals surface area contributed by atoms with Crippen molar-refractivity contribution in [3.05, 3.63) is 41.3 Å². The molecule has 1 aromatic carbocycles. The summed E-state index contributed by atoms with van der Waals surface area (Å²) in [4.78, 5) is 18.5. The lowest BCUT2D eigenvalue weighted by Crippen LogP contribution is -2.45. The van der Waals surface area contributed by atoms with Gasteiger partial charge in [0.25, 0.3) is 5.89 Å². The van der Waals surface area contributed by atoms with Crippen molar-refractivity contribution in [2.75, 3.05) is 6.54 Å². The normalized spacial score (nSPS) is 13.7. The molecule has 2 amide bonds. The lowest BCUT2D eigenvalue weighted by atomic mass is 10.1. The standard InChI is InChI=1S/C19H21FN6O2/c1-11(2)21-19(27)26-8-7-15-14(10-26)16(23-25(15)3)18-22-17(24-28-18)12-5-4-6-13(20)9-12/h4-6,9,11H,7-8,10H2,1-3H3,(H,21,27). The number of benzene rings is 1. The molecule has 8 nitrogen and oxygen atoms in total. The average Bonchev–Trinajstić information content (AvgIpc) is 3.26. The summed E-state index contributed by atoms with van der Waals surface area (Å²) >= 11 is 0. The van der Waals surface area contributed by atoms with Crippen LogP contribution in [0.15, 0.2) is 28.8 Å². The molecule has 3 heterocycles. The Kier molecular flexibility index (Phi) is 4.58. The van der Waals surface area contributed by atoms with Crippen molar-refractivity contribution >= 4 is 6.03 Å². The monoisotopic (exact) mass is 384 g/mol. The number of hydrogen-bond donors (Lipinski definition) is 1. The molecule has 0 saturated heterocycles. The molecule has 0 radical (unpaired) electrons. The first-order chi connectivity index (χ1) is 13.4. The maximum Gasteiger partial charge on any atom is 0.317 e. The first kappa shape index (κ1) is 18.1. The second kappa shape index (κ2) is 7.06. The highest BCUT2D eigenvalue weighted by Gasteiger charge is 2.29. The quantitative estimate of drug-likeness (QED) is 0.750. The van der Waals surface area contributed by atoms with Crippen molar-refractivity contribution in [2.24, 2.45) is 7.05 Å². The number of rotatable bonds is 3. The molecule has 146 valence electrons. The highest BCUT2D eigenvalue weighted by Crippen LogP contribution is 2.30. The van der Waals surface area contributed by atoms with E-state index in [4.69, 9.17) is 4.52 Å². The van der Waals surface area contributed by atoms with Gasteiger partial charge in [-0.2, -0.15) is 10.1 Å². The van der Waals surface area contributed by atoms with Crippen LogP contribution in [-0.4, -0.2) is 43.4 Å². The van der Waals surface area contributed by atoms with E-state index in [1.165, 1.54) is 12.1 Å². The molecule has 0 aliphatic carbocycles. The molecule has 0 bridgehead atoms. The van der Waals surface area contributed by atoms with Crippen molar-refractivity contribution in [1.29, 1.82) is 0 Å². The summed E-state index contributed by atoms with van der Waals surface area (Å²) in [6, 6.07) is 5.96. The summed E-state index contributed by atoms with van der Waals surface area (Å²) in [5, 5.41) is 11.4. The van der Waals surface area contributed by atoms with Gasteiger partial charge in [-0.05, 0) is 26.0 Å². The highest BCUT2D eigenvalue weighted by atomic mass is 19.1. The summed E-state index contributed by atoms with van der Waals surface area (Å²) < 4.78 is 20.7. The van der Waals surface area contributed by atoms with Crippen LogP contribution in [0.4, 0.5) is 9.18 Å². The molecule has 0 fully saturated rings. The van der Waals surface area contributed by atoms with E-state index in [2.05, 4.69) is 20.6 Å². The zero-order chi connectivity index (χ0) is 19.8. The van der Waals surface area contributed by atoms with Gasteiger partial charge in [0, 0.05) is 42.9 Å². The molecule has 0 atom stereocenters. The van der Waals surface area contributed by atoms with Gasteiger partial charge in [0.2, 0.25) is 5.82 Å². The molecule has 1 aliphatic heterocycles. The molecule has 4 rings (SSSR count). The lowest BCUT2D eigenvalue weighted by molar-refractivity contribution is 0.189. The van der Waals surface area contributed by atoms with Crippen LogP contribution in [-0.2, 0) is 20.0 Å². The van der Waals surface area contributed by atoms with Gasteiger partial charge in [0.05, 0.1) is 6.54 Å². The minimum absolute atomic E-state index is 0.0621. The van der Waals surface area contributed by atoms with E-state index >= 15 is 0 Å². The smallest absolute Gasteiger partial charge is 0.317 e. The first-order valence-corrected chi connectivity index (χ1v) is 9.12. The van der Waals surface area contributed by atoms with Crippen molar-refractivity contribution in [1.82, 2.24) is 30.1 Å². The number of aromatic nitrogens is 4. The molecule has 2 aromatic heterocycles. The van der Waals surface area contributed by atoms with Gasteiger partial charge in [-0.15, -0.1) is 0 Å². The van der Waals surface area contributed by atoms with Gasteiger partial charge in [-0.3, -0.25) is 4.68 Å². The molecule has 0 unspecified atom stereocenters. The fraction of sp³-hybridized carbons (Fsp3) is 0.368. The molecule has 9 heteroatoms. The maximum absolute atomic E-state index is 13.5. The Morgan fingerprint density at radius 2 is 2.18 bits per heavy atom. The van der Waals surface area contributed by atoms with Crippen LogP contribution in [0.25, 0.3) is 23.0 Å².